The van der Waals surface area contributed by atoms with Gasteiger partial charge in [0.15, 0.2) is 0 Å². The van der Waals surface area contributed by atoms with Crippen LogP contribution in [0.1, 0.15) is 6.42 Å². The Morgan fingerprint density at radius 2 is 2.05 bits per heavy atom. The van der Waals surface area contributed by atoms with Gasteiger partial charge in [-0.3, -0.25) is 14.3 Å². The van der Waals surface area contributed by atoms with Crippen LogP contribution in [0.25, 0.3) is 0 Å². The molecule has 0 spiro atoms. The van der Waals surface area contributed by atoms with E-state index in [-0.39, 0.29) is 18.9 Å². The molecule has 1 N–H and O–H groups in total. The molecule has 0 aliphatic rings. The van der Waals surface area contributed by atoms with E-state index in [9.17, 15) is 9.59 Å². The van der Waals surface area contributed by atoms with Crippen molar-refractivity contribution in [2.75, 3.05) is 33.7 Å². The van der Waals surface area contributed by atoms with Crippen LogP contribution >= 0.6 is 0 Å². The van der Waals surface area contributed by atoms with Crippen LogP contribution in [-0.2, 0) is 16.1 Å². The van der Waals surface area contributed by atoms with Crippen LogP contribution in [0.15, 0.2) is 12.4 Å². The molecular weight excluding hydrogens is 250 g/mol. The van der Waals surface area contributed by atoms with Gasteiger partial charge in [0.1, 0.15) is 6.54 Å². The molecule has 1 aromatic rings. The predicted octanol–water partition coefficient (Wildman–Crippen LogP) is -0.857. The molecule has 19 heavy (non-hydrogen) atoms. The Morgan fingerprint density at radius 1 is 1.32 bits per heavy atom. The maximum Gasteiger partial charge on any atom is 0.323 e. The van der Waals surface area contributed by atoms with E-state index in [1.807, 2.05) is 19.0 Å². The molecule has 0 atom stereocenters. The summed E-state index contributed by atoms with van der Waals surface area (Å²) in [4.78, 5) is 26.0. The number of carbonyl (C=O) groups is 2. The monoisotopic (exact) mass is 269 g/mol. The maximum absolute atomic E-state index is 12.0. The van der Waals surface area contributed by atoms with Gasteiger partial charge in [0.2, 0.25) is 5.91 Å². The summed E-state index contributed by atoms with van der Waals surface area (Å²) < 4.78 is 1.54. The molecule has 0 radical (unpaired) electrons. The van der Waals surface area contributed by atoms with Gasteiger partial charge in [-0.2, -0.15) is 0 Å². The fourth-order valence-electron chi connectivity index (χ4n) is 1.50. The van der Waals surface area contributed by atoms with Crippen LogP contribution in [-0.4, -0.2) is 75.5 Å². The molecule has 1 amide bonds. The van der Waals surface area contributed by atoms with Gasteiger partial charge < -0.3 is 14.9 Å². The lowest BCUT2D eigenvalue weighted by Crippen LogP contribution is -2.40. The van der Waals surface area contributed by atoms with Gasteiger partial charge in [0.05, 0.1) is 12.7 Å². The van der Waals surface area contributed by atoms with E-state index in [2.05, 4.69) is 10.3 Å². The normalized spacial score (nSPS) is 10.7. The number of aryl methyl sites for hydroxylation is 1. The second kappa shape index (κ2) is 7.47. The average molecular weight is 269 g/mol. The first-order valence-electron chi connectivity index (χ1n) is 5.97. The number of rotatable bonds is 8. The lowest BCUT2D eigenvalue weighted by atomic mass is 10.3. The highest BCUT2D eigenvalue weighted by atomic mass is 16.4. The number of aromatic nitrogens is 3. The van der Waals surface area contributed by atoms with Gasteiger partial charge in [0, 0.05) is 25.7 Å². The topological polar surface area (TPSA) is 91.6 Å². The number of likely N-dealkylation sites (N-methyl/N-ethyl adjacent to an activating group) is 1. The number of carbonyl (C=O) groups excluding carboxylic acids is 1. The average Bonchev–Trinajstić information content (AvgIpc) is 2.83. The van der Waals surface area contributed by atoms with Gasteiger partial charge in [-0.15, -0.1) is 5.10 Å². The predicted molar refractivity (Wildman–Crippen MR) is 67.4 cm³/mol. The summed E-state index contributed by atoms with van der Waals surface area (Å²) >= 11 is 0. The number of amides is 1. The maximum atomic E-state index is 12.0. The minimum absolute atomic E-state index is 0.195. The number of carboxylic acid groups (broad SMARTS) is 1. The Balaban J connectivity index is 2.47. The van der Waals surface area contributed by atoms with Crippen LogP contribution in [0.3, 0.4) is 0 Å². The molecule has 1 aromatic heterocycles. The standard InChI is InChI=1S/C11H19N5O3/c1-14(2)7-8-15(9-11(18)19)10(17)3-5-16-6-4-12-13-16/h4,6H,3,5,7-9H2,1-2H3,(H,18,19). The molecule has 0 aromatic carbocycles. The molecule has 0 aliphatic heterocycles. The van der Waals surface area contributed by atoms with Crippen molar-refractivity contribution in [2.45, 2.75) is 13.0 Å². The summed E-state index contributed by atoms with van der Waals surface area (Å²) in [6.07, 6.45) is 3.41. The SMILES string of the molecule is CN(C)CCN(CC(=O)O)C(=O)CCn1ccnn1. The third kappa shape index (κ3) is 5.96. The minimum Gasteiger partial charge on any atom is -0.480 e. The van der Waals surface area contributed by atoms with Crippen LogP contribution in [0.5, 0.6) is 0 Å². The molecule has 0 saturated heterocycles. The fraction of sp³-hybridized carbons (Fsp3) is 0.636. The van der Waals surface area contributed by atoms with Crippen molar-refractivity contribution in [3.8, 4) is 0 Å². The van der Waals surface area contributed by atoms with Crippen molar-refractivity contribution < 1.29 is 14.7 Å². The van der Waals surface area contributed by atoms with Crippen LogP contribution in [0, 0.1) is 0 Å². The molecule has 0 unspecified atom stereocenters. The van der Waals surface area contributed by atoms with E-state index in [1.54, 1.807) is 10.9 Å². The summed E-state index contributed by atoms with van der Waals surface area (Å²) in [7, 11) is 3.75. The number of hydrogen-bond donors (Lipinski definition) is 1. The second-order valence-corrected chi connectivity index (χ2v) is 4.43. The molecule has 8 nitrogen and oxygen atoms in total. The molecule has 0 bridgehead atoms. The Labute approximate surface area is 111 Å². The lowest BCUT2D eigenvalue weighted by molar-refractivity contribution is -0.144. The van der Waals surface area contributed by atoms with Crippen molar-refractivity contribution >= 4 is 11.9 Å². The molecule has 106 valence electrons. The summed E-state index contributed by atoms with van der Waals surface area (Å²) in [6.45, 7) is 1.15. The lowest BCUT2D eigenvalue weighted by Gasteiger charge is -2.22. The van der Waals surface area contributed by atoms with Crippen molar-refractivity contribution in [1.82, 2.24) is 24.8 Å². The van der Waals surface area contributed by atoms with Crippen molar-refractivity contribution in [3.63, 3.8) is 0 Å². The summed E-state index contributed by atoms with van der Waals surface area (Å²) in [5.74, 6) is -1.20. The number of nitrogens with zero attached hydrogens (tertiary/aromatic N) is 5. The van der Waals surface area contributed by atoms with E-state index in [0.29, 0.717) is 19.6 Å². The second-order valence-electron chi connectivity index (χ2n) is 4.43. The van der Waals surface area contributed by atoms with Crippen LogP contribution < -0.4 is 0 Å². The molecule has 0 fully saturated rings. The summed E-state index contributed by atoms with van der Waals surface area (Å²) in [6, 6.07) is 0. The van der Waals surface area contributed by atoms with E-state index in [4.69, 9.17) is 5.11 Å². The Kier molecular flexibility index (Phi) is 5.94. The summed E-state index contributed by atoms with van der Waals surface area (Å²) in [5.41, 5.74) is 0. The van der Waals surface area contributed by atoms with Crippen LogP contribution in [0.4, 0.5) is 0 Å². The third-order valence-corrected chi connectivity index (χ3v) is 2.52. The Bertz CT molecular complexity index is 404. The minimum atomic E-state index is -1.01. The molecule has 1 rings (SSSR count). The van der Waals surface area contributed by atoms with Crippen LogP contribution in [0.2, 0.25) is 0 Å². The van der Waals surface area contributed by atoms with Gasteiger partial charge in [0.25, 0.3) is 0 Å². The molecule has 8 heteroatoms. The third-order valence-electron chi connectivity index (χ3n) is 2.52. The first kappa shape index (κ1) is 15.1. The van der Waals surface area contributed by atoms with E-state index < -0.39 is 5.97 Å². The molecule has 1 heterocycles. The zero-order valence-corrected chi connectivity index (χ0v) is 11.2. The smallest absolute Gasteiger partial charge is 0.323 e. The quantitative estimate of drug-likeness (QED) is 0.660. The fourth-order valence-corrected chi connectivity index (χ4v) is 1.50. The highest BCUT2D eigenvalue weighted by Crippen LogP contribution is 1.98. The Hall–Kier alpha value is -1.96. The van der Waals surface area contributed by atoms with Crippen molar-refractivity contribution in [3.05, 3.63) is 12.4 Å². The van der Waals surface area contributed by atoms with E-state index in [0.717, 1.165) is 0 Å². The van der Waals surface area contributed by atoms with Crippen molar-refractivity contribution in [2.24, 2.45) is 0 Å². The molecule has 0 saturated carbocycles. The first-order valence-corrected chi connectivity index (χ1v) is 5.97. The first-order chi connectivity index (χ1) is 8.99. The summed E-state index contributed by atoms with van der Waals surface area (Å²) in [5, 5.41) is 16.2. The highest BCUT2D eigenvalue weighted by molar-refractivity contribution is 5.81. The highest BCUT2D eigenvalue weighted by Gasteiger charge is 2.16. The van der Waals surface area contributed by atoms with E-state index >= 15 is 0 Å². The largest absolute Gasteiger partial charge is 0.480 e. The number of carboxylic acids is 1. The Morgan fingerprint density at radius 3 is 2.58 bits per heavy atom. The van der Waals surface area contributed by atoms with Gasteiger partial charge >= 0.3 is 5.97 Å². The van der Waals surface area contributed by atoms with Crippen molar-refractivity contribution in [1.29, 1.82) is 0 Å². The van der Waals surface area contributed by atoms with Gasteiger partial charge in [-0.1, -0.05) is 5.21 Å². The van der Waals surface area contributed by atoms with Gasteiger partial charge in [-0.05, 0) is 14.1 Å². The zero-order chi connectivity index (χ0) is 14.3. The number of hydrogen-bond acceptors (Lipinski definition) is 5. The van der Waals surface area contributed by atoms with Gasteiger partial charge in [-0.25, -0.2) is 0 Å². The number of aliphatic carboxylic acids is 1. The zero-order valence-electron chi connectivity index (χ0n) is 11.2. The molecule has 0 aliphatic carbocycles. The van der Waals surface area contributed by atoms with E-state index in [1.165, 1.54) is 11.1 Å². The molecular formula is C11H19N5O3.